The van der Waals surface area contributed by atoms with E-state index in [0.717, 1.165) is 11.6 Å². The molecule has 3 aromatic rings. The minimum absolute atomic E-state index is 0.448. The molecule has 0 bridgehead atoms. The lowest BCUT2D eigenvalue weighted by Crippen LogP contribution is -2.00. The second-order valence-corrected chi connectivity index (χ2v) is 6.29. The second-order valence-electron chi connectivity index (χ2n) is 5.34. The van der Waals surface area contributed by atoms with Crippen LogP contribution in [0.2, 0.25) is 0 Å². The van der Waals surface area contributed by atoms with Gasteiger partial charge in [0.15, 0.2) is 5.82 Å². The lowest BCUT2D eigenvalue weighted by atomic mass is 10.2. The van der Waals surface area contributed by atoms with E-state index in [1.807, 2.05) is 30.3 Å². The third kappa shape index (κ3) is 4.06. The minimum atomic E-state index is -0.704. The van der Waals surface area contributed by atoms with Crippen molar-refractivity contribution in [3.05, 3.63) is 75.6 Å². The van der Waals surface area contributed by atoms with Crippen LogP contribution in [0.1, 0.15) is 17.0 Å². The van der Waals surface area contributed by atoms with Crippen molar-refractivity contribution in [2.75, 3.05) is 0 Å². The number of nitro groups is 1. The normalized spacial score (nSPS) is 11.1. The van der Waals surface area contributed by atoms with Gasteiger partial charge < -0.3 is 5.11 Å². The second kappa shape index (κ2) is 7.79. The maximum Gasteiger partial charge on any atom is 0.262 e. The van der Waals surface area contributed by atoms with E-state index in [0.29, 0.717) is 22.3 Å². The molecule has 3 rings (SSSR count). The fourth-order valence-electron chi connectivity index (χ4n) is 2.17. The Balaban J connectivity index is 1.80. The third-order valence-corrected chi connectivity index (χ3v) is 4.47. The highest BCUT2D eigenvalue weighted by Crippen LogP contribution is 2.24. The number of nitro benzene ring substituents is 1. The molecule has 0 unspecified atom stereocenters. The molecule has 0 amide bonds. The van der Waals surface area contributed by atoms with Crippen molar-refractivity contribution in [3.63, 3.8) is 0 Å². The van der Waals surface area contributed by atoms with Crippen molar-refractivity contribution in [1.29, 1.82) is 0 Å². The van der Waals surface area contributed by atoms with Crippen LogP contribution in [-0.2, 0) is 5.75 Å². The van der Waals surface area contributed by atoms with E-state index in [4.69, 9.17) is 0 Å². The van der Waals surface area contributed by atoms with Gasteiger partial charge in [-0.05, 0) is 18.2 Å². The highest BCUT2D eigenvalue weighted by molar-refractivity contribution is 7.98. The summed E-state index contributed by atoms with van der Waals surface area (Å²) in [6.45, 7) is 1.76. The summed E-state index contributed by atoms with van der Waals surface area (Å²) in [5, 5.41) is 35.4. The van der Waals surface area contributed by atoms with Gasteiger partial charge in [0.25, 0.3) is 5.69 Å². The Morgan fingerprint density at radius 2 is 2.00 bits per heavy atom. The standard InChI is InChI=1S/C17H15N5O3S/c1-12-19-20-17(26-11-13-5-3-2-4-6-13)21(12)18-10-14-7-8-16(23)15(9-14)22(24)25/h2-10,23H,11H2,1H3/p-1/b18-10-. The fraction of sp³-hybridized carbons (Fsp3) is 0.118. The summed E-state index contributed by atoms with van der Waals surface area (Å²) >= 11 is 1.48. The molecule has 0 aliphatic heterocycles. The Morgan fingerprint density at radius 3 is 2.73 bits per heavy atom. The molecule has 0 fully saturated rings. The molecule has 0 spiro atoms. The molecule has 9 heteroatoms. The van der Waals surface area contributed by atoms with Crippen LogP contribution in [-0.4, -0.2) is 26.0 Å². The van der Waals surface area contributed by atoms with Gasteiger partial charge in [0, 0.05) is 17.4 Å². The van der Waals surface area contributed by atoms with Gasteiger partial charge in [-0.25, -0.2) is 0 Å². The Morgan fingerprint density at radius 1 is 1.23 bits per heavy atom. The molecule has 26 heavy (non-hydrogen) atoms. The largest absolute Gasteiger partial charge is 0.868 e. The summed E-state index contributed by atoms with van der Waals surface area (Å²) in [4.78, 5) is 10.2. The zero-order valence-corrected chi connectivity index (χ0v) is 14.6. The molecule has 0 aliphatic carbocycles. The molecule has 132 valence electrons. The monoisotopic (exact) mass is 368 g/mol. The van der Waals surface area contributed by atoms with Crippen LogP contribution in [0.3, 0.4) is 0 Å². The fourth-order valence-corrected chi connectivity index (χ4v) is 3.05. The summed E-state index contributed by atoms with van der Waals surface area (Å²) in [5.74, 6) is 0.670. The number of rotatable bonds is 6. The molecule has 0 aliphatic rings. The molecule has 0 radical (unpaired) electrons. The Kier molecular flexibility index (Phi) is 5.28. The number of aromatic nitrogens is 3. The average molecular weight is 368 g/mol. The van der Waals surface area contributed by atoms with Gasteiger partial charge in [-0.2, -0.15) is 9.78 Å². The molecule has 0 saturated heterocycles. The van der Waals surface area contributed by atoms with Gasteiger partial charge in [-0.15, -0.1) is 10.2 Å². The average Bonchev–Trinajstić information content (AvgIpc) is 2.99. The highest BCUT2D eigenvalue weighted by Gasteiger charge is 2.10. The first-order valence-corrected chi connectivity index (χ1v) is 8.61. The number of benzene rings is 2. The number of nitrogens with zero attached hydrogens (tertiary/aromatic N) is 5. The SMILES string of the molecule is Cc1nnc(SCc2ccccc2)n1/N=C\c1ccc([O-])c([N+](=O)[O-])c1. The van der Waals surface area contributed by atoms with Gasteiger partial charge >= 0.3 is 0 Å². The molecular weight excluding hydrogens is 354 g/mol. The molecule has 1 heterocycles. The van der Waals surface area contributed by atoms with E-state index in [-0.39, 0.29) is 0 Å². The van der Waals surface area contributed by atoms with Gasteiger partial charge in [-0.1, -0.05) is 54.2 Å². The van der Waals surface area contributed by atoms with Crippen LogP contribution in [0.4, 0.5) is 5.69 Å². The first kappa shape index (κ1) is 17.6. The summed E-state index contributed by atoms with van der Waals surface area (Å²) in [6, 6.07) is 13.8. The van der Waals surface area contributed by atoms with Gasteiger partial charge in [0.1, 0.15) is 0 Å². The maximum absolute atomic E-state index is 11.5. The number of hydrogen-bond acceptors (Lipinski definition) is 7. The minimum Gasteiger partial charge on any atom is -0.868 e. The Hall–Kier alpha value is -3.20. The van der Waals surface area contributed by atoms with Crippen LogP contribution in [0, 0.1) is 17.0 Å². The van der Waals surface area contributed by atoms with Crippen LogP contribution in [0.15, 0.2) is 58.8 Å². The first-order chi connectivity index (χ1) is 12.5. The van der Waals surface area contributed by atoms with E-state index < -0.39 is 16.4 Å². The third-order valence-electron chi connectivity index (χ3n) is 3.48. The Bertz CT molecular complexity index is 956. The number of hydrogen-bond donors (Lipinski definition) is 0. The van der Waals surface area contributed by atoms with Gasteiger partial charge in [0.2, 0.25) is 5.16 Å². The topological polar surface area (TPSA) is 109 Å². The quantitative estimate of drug-likeness (QED) is 0.286. The molecule has 8 nitrogen and oxygen atoms in total. The molecule has 0 N–H and O–H groups in total. The van der Waals surface area contributed by atoms with Crippen molar-refractivity contribution >= 4 is 23.7 Å². The van der Waals surface area contributed by atoms with Crippen molar-refractivity contribution in [3.8, 4) is 5.75 Å². The van der Waals surface area contributed by atoms with Crippen LogP contribution < -0.4 is 5.11 Å². The predicted octanol–water partition coefficient (Wildman–Crippen LogP) is 2.74. The van der Waals surface area contributed by atoms with Crippen LogP contribution in [0.25, 0.3) is 0 Å². The summed E-state index contributed by atoms with van der Waals surface area (Å²) < 4.78 is 1.56. The van der Waals surface area contributed by atoms with E-state index in [1.165, 1.54) is 30.1 Å². The van der Waals surface area contributed by atoms with Crippen molar-refractivity contribution in [1.82, 2.24) is 14.9 Å². The van der Waals surface area contributed by atoms with Crippen LogP contribution in [0.5, 0.6) is 5.75 Å². The zero-order valence-electron chi connectivity index (χ0n) is 13.8. The van der Waals surface area contributed by atoms with Gasteiger partial charge in [0.05, 0.1) is 11.1 Å². The number of thioether (sulfide) groups is 1. The van der Waals surface area contributed by atoms with E-state index in [1.54, 1.807) is 11.6 Å². The summed E-state index contributed by atoms with van der Waals surface area (Å²) in [6.07, 6.45) is 1.44. The molecule has 2 aromatic carbocycles. The van der Waals surface area contributed by atoms with E-state index in [2.05, 4.69) is 15.3 Å². The predicted molar refractivity (Wildman–Crippen MR) is 96.3 cm³/mol. The molecule has 1 aromatic heterocycles. The van der Waals surface area contributed by atoms with E-state index in [9.17, 15) is 15.2 Å². The van der Waals surface area contributed by atoms with E-state index >= 15 is 0 Å². The van der Waals surface area contributed by atoms with Crippen molar-refractivity contribution in [2.24, 2.45) is 5.10 Å². The highest BCUT2D eigenvalue weighted by atomic mass is 32.2. The van der Waals surface area contributed by atoms with Crippen LogP contribution >= 0.6 is 11.8 Å². The van der Waals surface area contributed by atoms with Crippen molar-refractivity contribution < 1.29 is 10.0 Å². The summed E-state index contributed by atoms with van der Waals surface area (Å²) in [7, 11) is 0. The summed E-state index contributed by atoms with van der Waals surface area (Å²) in [5.41, 5.74) is 1.12. The molecular formula is C17H14N5O3S-. The lowest BCUT2D eigenvalue weighted by molar-refractivity contribution is -0.398. The number of aryl methyl sites for hydroxylation is 1. The molecule has 0 atom stereocenters. The van der Waals surface area contributed by atoms with Gasteiger partial charge in [-0.3, -0.25) is 10.1 Å². The Labute approximate surface area is 153 Å². The smallest absolute Gasteiger partial charge is 0.262 e. The zero-order chi connectivity index (χ0) is 18.5. The lowest BCUT2D eigenvalue weighted by Gasteiger charge is -2.06. The first-order valence-electron chi connectivity index (χ1n) is 7.63. The maximum atomic E-state index is 11.5. The van der Waals surface area contributed by atoms with Crippen molar-refractivity contribution in [2.45, 2.75) is 17.8 Å². The molecule has 0 saturated carbocycles.